The van der Waals surface area contributed by atoms with Crippen LogP contribution in [-0.2, 0) is 32.0 Å². The zero-order valence-electron chi connectivity index (χ0n) is 22.8. The van der Waals surface area contributed by atoms with Crippen molar-refractivity contribution in [3.63, 3.8) is 0 Å². The number of aliphatic carboxylic acids is 1. The molecule has 1 heterocycles. The summed E-state index contributed by atoms with van der Waals surface area (Å²) in [7, 11) is 0. The summed E-state index contributed by atoms with van der Waals surface area (Å²) in [4.78, 5) is 57.9. The van der Waals surface area contributed by atoms with Crippen molar-refractivity contribution in [3.8, 4) is 5.75 Å². The number of carboxylic acids is 1. The predicted octanol–water partition coefficient (Wildman–Crippen LogP) is 0.859. The first-order valence-corrected chi connectivity index (χ1v) is 13.0. The zero-order valence-corrected chi connectivity index (χ0v) is 22.8. The van der Waals surface area contributed by atoms with Gasteiger partial charge in [-0.25, -0.2) is 9.78 Å². The van der Waals surface area contributed by atoms with Crippen LogP contribution in [0.1, 0.15) is 51.8 Å². The molecule has 0 saturated carbocycles. The molecule has 0 spiro atoms. The highest BCUT2D eigenvalue weighted by molar-refractivity contribution is 5.94. The molecule has 8 N–H and O–H groups in total. The predicted molar refractivity (Wildman–Crippen MR) is 144 cm³/mol. The molecule has 0 radical (unpaired) electrons. The summed E-state index contributed by atoms with van der Waals surface area (Å²) in [5, 5.41) is 26.9. The Hall–Kier alpha value is -3.93. The van der Waals surface area contributed by atoms with Gasteiger partial charge in [0.2, 0.25) is 17.7 Å². The van der Waals surface area contributed by atoms with Gasteiger partial charge in [-0.1, -0.05) is 39.8 Å². The van der Waals surface area contributed by atoms with Crippen molar-refractivity contribution in [1.29, 1.82) is 0 Å². The Kier molecular flexibility index (Phi) is 11.9. The summed E-state index contributed by atoms with van der Waals surface area (Å²) in [6.45, 7) is 7.47. The lowest BCUT2D eigenvalue weighted by Crippen LogP contribution is -2.58. The molecule has 0 bridgehead atoms. The number of phenols is 1. The first kappa shape index (κ1) is 31.3. The molecule has 1 aromatic heterocycles. The lowest BCUT2D eigenvalue weighted by Gasteiger charge is -2.26. The highest BCUT2D eigenvalue weighted by atomic mass is 16.4. The Morgan fingerprint density at radius 2 is 1.38 bits per heavy atom. The Morgan fingerprint density at radius 3 is 1.92 bits per heavy atom. The summed E-state index contributed by atoms with van der Waals surface area (Å²) in [5.41, 5.74) is 7.40. The van der Waals surface area contributed by atoms with Crippen molar-refractivity contribution in [2.24, 2.45) is 17.6 Å². The smallest absolute Gasteiger partial charge is 0.326 e. The van der Waals surface area contributed by atoms with Gasteiger partial charge in [0.25, 0.3) is 0 Å². The maximum absolute atomic E-state index is 13.4. The number of carbonyl (C=O) groups is 4. The second kappa shape index (κ2) is 14.9. The van der Waals surface area contributed by atoms with Crippen LogP contribution in [-0.4, -0.2) is 68.0 Å². The van der Waals surface area contributed by atoms with Gasteiger partial charge in [0, 0.05) is 18.3 Å². The number of H-pyrrole nitrogens is 1. The number of amides is 3. The van der Waals surface area contributed by atoms with Gasteiger partial charge < -0.3 is 36.9 Å². The number of nitrogens with two attached hydrogens (primary N) is 1. The maximum Gasteiger partial charge on any atom is 0.326 e. The van der Waals surface area contributed by atoms with Gasteiger partial charge in [-0.15, -0.1) is 0 Å². The molecule has 12 nitrogen and oxygen atoms in total. The topological polar surface area (TPSA) is 200 Å². The Bertz CT molecular complexity index is 1090. The summed E-state index contributed by atoms with van der Waals surface area (Å²) in [6, 6.07) is 2.13. The molecule has 0 aliphatic carbocycles. The third-order valence-electron chi connectivity index (χ3n) is 6.00. The second-order valence-electron chi connectivity index (χ2n) is 10.5. The van der Waals surface area contributed by atoms with Crippen molar-refractivity contribution in [3.05, 3.63) is 48.0 Å². The van der Waals surface area contributed by atoms with Gasteiger partial charge in [-0.05, 0) is 48.8 Å². The van der Waals surface area contributed by atoms with Gasteiger partial charge in [0.15, 0.2) is 0 Å². The number of phenolic OH excluding ortho intramolecular Hbond substituents is 1. The van der Waals surface area contributed by atoms with Gasteiger partial charge >= 0.3 is 5.97 Å². The van der Waals surface area contributed by atoms with E-state index >= 15 is 0 Å². The van der Waals surface area contributed by atoms with E-state index < -0.39 is 47.9 Å². The molecule has 214 valence electrons. The minimum atomic E-state index is -1.17. The van der Waals surface area contributed by atoms with Crippen LogP contribution >= 0.6 is 0 Å². The van der Waals surface area contributed by atoms with Gasteiger partial charge in [0.1, 0.15) is 23.9 Å². The fraction of sp³-hybridized carbons (Fsp3) is 0.519. The van der Waals surface area contributed by atoms with Crippen molar-refractivity contribution >= 4 is 23.7 Å². The van der Waals surface area contributed by atoms with E-state index in [1.165, 1.54) is 24.7 Å². The second-order valence-corrected chi connectivity index (χ2v) is 10.5. The highest BCUT2D eigenvalue weighted by Gasteiger charge is 2.31. The largest absolute Gasteiger partial charge is 0.508 e. The monoisotopic (exact) mass is 544 g/mol. The molecule has 0 fully saturated rings. The average molecular weight is 545 g/mol. The molecule has 4 unspecified atom stereocenters. The Balaban J connectivity index is 2.16. The number of benzene rings is 1. The van der Waals surface area contributed by atoms with Gasteiger partial charge in [0.05, 0.1) is 12.4 Å². The van der Waals surface area contributed by atoms with Crippen LogP contribution in [0.4, 0.5) is 0 Å². The number of nitrogens with one attached hydrogen (secondary N) is 4. The van der Waals surface area contributed by atoms with Crippen molar-refractivity contribution in [1.82, 2.24) is 25.9 Å². The molecule has 0 aliphatic heterocycles. The first-order valence-electron chi connectivity index (χ1n) is 13.0. The fourth-order valence-electron chi connectivity index (χ4n) is 4.02. The molecule has 4 atom stereocenters. The summed E-state index contributed by atoms with van der Waals surface area (Å²) in [5.74, 6) is -2.83. The Labute approximate surface area is 228 Å². The summed E-state index contributed by atoms with van der Waals surface area (Å²) in [6.07, 6.45) is 3.67. The quantitative estimate of drug-likeness (QED) is 0.171. The summed E-state index contributed by atoms with van der Waals surface area (Å²) >= 11 is 0. The van der Waals surface area contributed by atoms with Crippen LogP contribution in [0.2, 0.25) is 0 Å². The number of rotatable bonds is 15. The number of aromatic amines is 1. The van der Waals surface area contributed by atoms with E-state index in [0.717, 1.165) is 5.56 Å². The molecule has 3 amide bonds. The molecule has 12 heteroatoms. The number of carboxylic acid groups (broad SMARTS) is 1. The minimum Gasteiger partial charge on any atom is -0.508 e. The van der Waals surface area contributed by atoms with Crippen LogP contribution in [0.3, 0.4) is 0 Å². The number of hydrogen-bond donors (Lipinski definition) is 7. The van der Waals surface area contributed by atoms with Crippen LogP contribution in [0.15, 0.2) is 36.8 Å². The Morgan fingerprint density at radius 1 is 0.846 bits per heavy atom. The highest BCUT2D eigenvalue weighted by Crippen LogP contribution is 2.12. The van der Waals surface area contributed by atoms with Crippen LogP contribution in [0, 0.1) is 11.8 Å². The molecule has 2 rings (SSSR count). The van der Waals surface area contributed by atoms with Crippen LogP contribution < -0.4 is 21.7 Å². The van der Waals surface area contributed by atoms with E-state index in [9.17, 15) is 29.4 Å². The molecule has 0 saturated heterocycles. The zero-order chi connectivity index (χ0) is 29.1. The normalized spacial score (nSPS) is 14.3. The number of aromatic nitrogens is 2. The number of aromatic hydroxyl groups is 1. The van der Waals surface area contributed by atoms with E-state index in [1.54, 1.807) is 12.1 Å². The van der Waals surface area contributed by atoms with E-state index in [-0.39, 0.29) is 43.3 Å². The lowest BCUT2D eigenvalue weighted by molar-refractivity contribution is -0.142. The molecule has 1 aromatic carbocycles. The van der Waals surface area contributed by atoms with Crippen molar-refractivity contribution in [2.75, 3.05) is 0 Å². The number of carbonyl (C=O) groups excluding carboxylic acids is 3. The molecule has 2 aromatic rings. The molecular formula is C27H40N6O6. The summed E-state index contributed by atoms with van der Waals surface area (Å²) < 4.78 is 0. The van der Waals surface area contributed by atoms with E-state index in [1.807, 2.05) is 27.7 Å². The van der Waals surface area contributed by atoms with E-state index in [2.05, 4.69) is 25.9 Å². The van der Waals surface area contributed by atoms with Crippen LogP contribution in [0.5, 0.6) is 5.75 Å². The number of hydrogen-bond acceptors (Lipinski definition) is 7. The standard InChI is InChI=1S/C27H40N6O6/c1-15(2)9-21(31-24(35)20(28)11-17-5-7-19(34)8-6-17)25(36)32-22(12-18-13-29-14-30-18)26(37)33-23(27(38)39)10-16(3)4/h5-8,13-16,20-23,34H,9-12,28H2,1-4H3,(H,29,30)(H,31,35)(H,32,36)(H,33,37)(H,38,39). The molecular weight excluding hydrogens is 504 g/mol. The number of nitrogens with zero attached hydrogens (tertiary/aromatic N) is 1. The third-order valence-corrected chi connectivity index (χ3v) is 6.00. The maximum atomic E-state index is 13.4. The van der Waals surface area contributed by atoms with Gasteiger partial charge in [-0.3, -0.25) is 14.4 Å². The SMILES string of the molecule is CC(C)CC(NC(=O)C(Cc1cnc[nH]1)NC(=O)C(CC(C)C)NC(=O)C(N)Cc1ccc(O)cc1)C(=O)O. The third kappa shape index (κ3) is 10.8. The molecule has 39 heavy (non-hydrogen) atoms. The molecule has 0 aliphatic rings. The van der Waals surface area contributed by atoms with E-state index in [4.69, 9.17) is 5.73 Å². The first-order chi connectivity index (χ1) is 18.3. The lowest BCUT2D eigenvalue weighted by atomic mass is 10.00. The van der Waals surface area contributed by atoms with Crippen molar-refractivity contribution in [2.45, 2.75) is 77.5 Å². The fourth-order valence-corrected chi connectivity index (χ4v) is 4.02. The van der Waals surface area contributed by atoms with Crippen LogP contribution in [0.25, 0.3) is 0 Å². The van der Waals surface area contributed by atoms with E-state index in [0.29, 0.717) is 5.69 Å². The van der Waals surface area contributed by atoms with Crippen molar-refractivity contribution < 1.29 is 29.4 Å². The average Bonchev–Trinajstić information content (AvgIpc) is 3.36. The van der Waals surface area contributed by atoms with Gasteiger partial charge in [-0.2, -0.15) is 0 Å². The minimum absolute atomic E-state index is 0.0171. The number of imidazole rings is 1.